The Bertz CT molecular complexity index is 230. The van der Waals surface area contributed by atoms with Gasteiger partial charge in [-0.25, -0.2) is 0 Å². The van der Waals surface area contributed by atoms with E-state index in [0.717, 1.165) is 19.0 Å². The third kappa shape index (κ3) is 1.50. The van der Waals surface area contributed by atoms with Crippen LogP contribution in [0.2, 0.25) is 0 Å². The monoisotopic (exact) mass is 165 g/mol. The van der Waals surface area contributed by atoms with E-state index in [1.54, 1.807) is 0 Å². The van der Waals surface area contributed by atoms with Crippen LogP contribution in [0.3, 0.4) is 0 Å². The highest BCUT2D eigenvalue weighted by Crippen LogP contribution is 2.23. The largest absolute Gasteiger partial charge is 0.316 e. The van der Waals surface area contributed by atoms with E-state index in [0.29, 0.717) is 5.92 Å². The zero-order valence-electron chi connectivity index (χ0n) is 7.38. The van der Waals surface area contributed by atoms with Crippen molar-refractivity contribution in [3.05, 3.63) is 18.0 Å². The standard InChI is InChI=1S/C9H15N3/c1-7-4-8(6-10-5-7)9-2-3-11-12-9/h2-3,7-8,10H,4-6H2,1H3,(H,11,12)/t7-,8-/m0/s1. The van der Waals surface area contributed by atoms with Crippen molar-refractivity contribution >= 4 is 0 Å². The van der Waals surface area contributed by atoms with Gasteiger partial charge in [-0.15, -0.1) is 0 Å². The average molecular weight is 165 g/mol. The Kier molecular flexibility index (Phi) is 2.13. The minimum atomic E-state index is 0.635. The molecule has 1 aliphatic heterocycles. The van der Waals surface area contributed by atoms with Gasteiger partial charge in [0.25, 0.3) is 0 Å². The van der Waals surface area contributed by atoms with Crippen molar-refractivity contribution in [1.29, 1.82) is 0 Å². The number of nitrogens with zero attached hydrogens (tertiary/aromatic N) is 1. The molecular formula is C9H15N3. The summed E-state index contributed by atoms with van der Waals surface area (Å²) >= 11 is 0. The highest BCUT2D eigenvalue weighted by molar-refractivity contribution is 5.07. The minimum Gasteiger partial charge on any atom is -0.316 e. The zero-order chi connectivity index (χ0) is 8.39. The van der Waals surface area contributed by atoms with Gasteiger partial charge in [0.15, 0.2) is 0 Å². The van der Waals surface area contributed by atoms with Crippen molar-refractivity contribution in [2.45, 2.75) is 19.3 Å². The molecule has 0 amide bonds. The molecule has 0 aromatic carbocycles. The Labute approximate surface area is 72.6 Å². The molecule has 1 aliphatic rings. The highest BCUT2D eigenvalue weighted by atomic mass is 15.1. The van der Waals surface area contributed by atoms with Gasteiger partial charge in [-0.1, -0.05) is 6.92 Å². The first-order valence-electron chi connectivity index (χ1n) is 4.56. The van der Waals surface area contributed by atoms with Gasteiger partial charge in [0.1, 0.15) is 0 Å². The summed E-state index contributed by atoms with van der Waals surface area (Å²) < 4.78 is 0. The predicted molar refractivity (Wildman–Crippen MR) is 48.0 cm³/mol. The Balaban J connectivity index is 2.04. The summed E-state index contributed by atoms with van der Waals surface area (Å²) in [6.07, 6.45) is 3.10. The van der Waals surface area contributed by atoms with Gasteiger partial charge in [-0.05, 0) is 24.9 Å². The van der Waals surface area contributed by atoms with Crippen LogP contribution < -0.4 is 5.32 Å². The Morgan fingerprint density at radius 1 is 1.50 bits per heavy atom. The van der Waals surface area contributed by atoms with Crippen LogP contribution in [0.5, 0.6) is 0 Å². The smallest absolute Gasteiger partial charge is 0.0490 e. The predicted octanol–water partition coefficient (Wildman–Crippen LogP) is 1.12. The molecule has 0 radical (unpaired) electrons. The number of aromatic amines is 1. The maximum Gasteiger partial charge on any atom is 0.0490 e. The zero-order valence-corrected chi connectivity index (χ0v) is 7.38. The summed E-state index contributed by atoms with van der Waals surface area (Å²) in [7, 11) is 0. The molecule has 1 fully saturated rings. The van der Waals surface area contributed by atoms with Gasteiger partial charge in [0, 0.05) is 24.4 Å². The van der Waals surface area contributed by atoms with E-state index in [2.05, 4.69) is 28.5 Å². The first-order chi connectivity index (χ1) is 5.86. The summed E-state index contributed by atoms with van der Waals surface area (Å²) in [5.41, 5.74) is 1.27. The third-order valence-electron chi connectivity index (χ3n) is 2.53. The molecule has 2 atom stereocenters. The highest BCUT2D eigenvalue weighted by Gasteiger charge is 2.20. The van der Waals surface area contributed by atoms with Gasteiger partial charge in [-0.3, -0.25) is 5.10 Å². The lowest BCUT2D eigenvalue weighted by Gasteiger charge is -2.26. The summed E-state index contributed by atoms with van der Waals surface area (Å²) in [5, 5.41) is 10.4. The molecule has 12 heavy (non-hydrogen) atoms. The minimum absolute atomic E-state index is 0.635. The molecule has 66 valence electrons. The van der Waals surface area contributed by atoms with Crippen molar-refractivity contribution in [3.8, 4) is 0 Å². The number of piperidine rings is 1. The SMILES string of the molecule is C[C@@H]1CNC[C@@H](c2ccn[nH]2)C1. The average Bonchev–Trinajstić information content (AvgIpc) is 2.56. The van der Waals surface area contributed by atoms with Crippen LogP contribution >= 0.6 is 0 Å². The maximum absolute atomic E-state index is 3.97. The Hall–Kier alpha value is -0.830. The van der Waals surface area contributed by atoms with Crippen LogP contribution in [-0.2, 0) is 0 Å². The fourth-order valence-corrected chi connectivity index (χ4v) is 1.89. The summed E-state index contributed by atoms with van der Waals surface area (Å²) in [5.74, 6) is 1.42. The summed E-state index contributed by atoms with van der Waals surface area (Å²) in [6, 6.07) is 2.07. The second-order valence-corrected chi connectivity index (χ2v) is 3.71. The lowest BCUT2D eigenvalue weighted by molar-refractivity contribution is 0.359. The quantitative estimate of drug-likeness (QED) is 0.654. The maximum atomic E-state index is 3.97. The number of nitrogens with one attached hydrogen (secondary N) is 2. The first-order valence-corrected chi connectivity index (χ1v) is 4.56. The number of aromatic nitrogens is 2. The topological polar surface area (TPSA) is 40.7 Å². The summed E-state index contributed by atoms with van der Waals surface area (Å²) in [6.45, 7) is 4.53. The molecule has 0 unspecified atom stereocenters. The second-order valence-electron chi connectivity index (χ2n) is 3.71. The molecule has 0 bridgehead atoms. The van der Waals surface area contributed by atoms with Crippen LogP contribution in [0, 0.1) is 5.92 Å². The van der Waals surface area contributed by atoms with Crippen LogP contribution in [0.4, 0.5) is 0 Å². The van der Waals surface area contributed by atoms with Crippen molar-refractivity contribution in [2.75, 3.05) is 13.1 Å². The van der Waals surface area contributed by atoms with E-state index in [1.807, 2.05) is 6.20 Å². The number of hydrogen-bond donors (Lipinski definition) is 2. The molecule has 1 saturated heterocycles. The van der Waals surface area contributed by atoms with Crippen molar-refractivity contribution in [2.24, 2.45) is 5.92 Å². The number of hydrogen-bond acceptors (Lipinski definition) is 2. The van der Waals surface area contributed by atoms with Crippen LogP contribution in [0.1, 0.15) is 25.0 Å². The molecule has 2 rings (SSSR count). The van der Waals surface area contributed by atoms with Crippen LogP contribution in [0.15, 0.2) is 12.3 Å². The lowest BCUT2D eigenvalue weighted by Crippen LogP contribution is -2.33. The molecule has 3 heteroatoms. The lowest BCUT2D eigenvalue weighted by atomic mass is 9.90. The summed E-state index contributed by atoms with van der Waals surface area (Å²) in [4.78, 5) is 0. The Morgan fingerprint density at radius 3 is 3.08 bits per heavy atom. The van der Waals surface area contributed by atoms with E-state index in [-0.39, 0.29) is 0 Å². The first kappa shape index (κ1) is 7.80. The van der Waals surface area contributed by atoms with Crippen molar-refractivity contribution < 1.29 is 0 Å². The fourth-order valence-electron chi connectivity index (χ4n) is 1.89. The molecule has 1 aromatic heterocycles. The van der Waals surface area contributed by atoms with Gasteiger partial charge in [0.2, 0.25) is 0 Å². The van der Waals surface area contributed by atoms with Crippen molar-refractivity contribution in [1.82, 2.24) is 15.5 Å². The molecule has 1 aromatic rings. The van der Waals surface area contributed by atoms with Gasteiger partial charge >= 0.3 is 0 Å². The number of H-pyrrole nitrogens is 1. The second kappa shape index (κ2) is 3.27. The van der Waals surface area contributed by atoms with Crippen LogP contribution in [0.25, 0.3) is 0 Å². The molecular weight excluding hydrogens is 150 g/mol. The molecule has 2 heterocycles. The van der Waals surface area contributed by atoms with Crippen molar-refractivity contribution in [3.63, 3.8) is 0 Å². The van der Waals surface area contributed by atoms with E-state index >= 15 is 0 Å². The molecule has 0 aliphatic carbocycles. The normalized spacial score (nSPS) is 30.4. The molecule has 0 saturated carbocycles. The number of rotatable bonds is 1. The molecule has 0 spiro atoms. The third-order valence-corrected chi connectivity index (χ3v) is 2.53. The van der Waals surface area contributed by atoms with E-state index in [4.69, 9.17) is 0 Å². The molecule has 2 N–H and O–H groups in total. The molecule has 3 nitrogen and oxygen atoms in total. The van der Waals surface area contributed by atoms with Crippen LogP contribution in [-0.4, -0.2) is 23.3 Å². The van der Waals surface area contributed by atoms with Gasteiger partial charge in [-0.2, -0.15) is 5.10 Å². The Morgan fingerprint density at radius 2 is 2.42 bits per heavy atom. The van der Waals surface area contributed by atoms with E-state index in [9.17, 15) is 0 Å². The van der Waals surface area contributed by atoms with E-state index in [1.165, 1.54) is 12.1 Å². The van der Waals surface area contributed by atoms with Gasteiger partial charge in [0.05, 0.1) is 0 Å². The van der Waals surface area contributed by atoms with Gasteiger partial charge < -0.3 is 5.32 Å². The van der Waals surface area contributed by atoms with E-state index < -0.39 is 0 Å². The fraction of sp³-hybridized carbons (Fsp3) is 0.667.